The molecule has 2 saturated carbocycles. The number of nitrogens with zero attached hydrogens (tertiary/aromatic N) is 3. The van der Waals surface area contributed by atoms with Gasteiger partial charge in [-0.2, -0.15) is 5.26 Å². The Morgan fingerprint density at radius 1 is 1.39 bits per heavy atom. The number of hydrogen-bond donors (Lipinski definition) is 2. The molecule has 1 aliphatic heterocycles. The molecule has 1 saturated heterocycles. The van der Waals surface area contributed by atoms with Crippen molar-refractivity contribution in [2.45, 2.75) is 50.1 Å². The summed E-state index contributed by atoms with van der Waals surface area (Å²) < 4.78 is 23.0. The molecule has 0 radical (unpaired) electrons. The van der Waals surface area contributed by atoms with Gasteiger partial charge in [0.1, 0.15) is 11.3 Å². The van der Waals surface area contributed by atoms with Crippen molar-refractivity contribution >= 4 is 22.6 Å². The van der Waals surface area contributed by atoms with E-state index in [-0.39, 0.29) is 28.3 Å². The average Bonchev–Trinajstić information content (AvgIpc) is 3.72. The summed E-state index contributed by atoms with van der Waals surface area (Å²) in [6.07, 6.45) is 6.57. The van der Waals surface area contributed by atoms with Gasteiger partial charge in [-0.1, -0.05) is 0 Å². The SMILES string of the molecule is COc1c(N2CCC(C3(NCCC#N)CC3)C2)c(F)cc2c(=O)c(C(=O)O)cn(C3CC3)c12. The number of halogens is 1. The van der Waals surface area contributed by atoms with Gasteiger partial charge in [0.2, 0.25) is 5.43 Å². The van der Waals surface area contributed by atoms with Crippen LogP contribution in [0, 0.1) is 23.1 Å². The summed E-state index contributed by atoms with van der Waals surface area (Å²) in [5.74, 6) is -1.28. The van der Waals surface area contributed by atoms with Crippen molar-refractivity contribution < 1.29 is 19.0 Å². The Morgan fingerprint density at radius 2 is 2.15 bits per heavy atom. The fourth-order valence-corrected chi connectivity index (χ4v) is 5.37. The van der Waals surface area contributed by atoms with Gasteiger partial charge in [0.05, 0.1) is 24.1 Å². The van der Waals surface area contributed by atoms with E-state index in [0.29, 0.717) is 43.2 Å². The number of nitrogens with one attached hydrogen (secondary N) is 1. The number of fused-ring (bicyclic) bond motifs is 1. The summed E-state index contributed by atoms with van der Waals surface area (Å²) in [5.41, 5.74) is -0.251. The number of hydrogen-bond acceptors (Lipinski definition) is 6. The molecular weight excluding hydrogens is 427 g/mol. The summed E-state index contributed by atoms with van der Waals surface area (Å²) in [4.78, 5) is 26.5. The van der Waals surface area contributed by atoms with E-state index < -0.39 is 17.2 Å². The molecule has 1 aromatic carbocycles. The molecule has 0 bridgehead atoms. The molecule has 8 nitrogen and oxygen atoms in total. The van der Waals surface area contributed by atoms with E-state index >= 15 is 4.39 Å². The topological polar surface area (TPSA) is 108 Å². The zero-order valence-electron chi connectivity index (χ0n) is 18.6. The van der Waals surface area contributed by atoms with Crippen LogP contribution in [0.15, 0.2) is 17.1 Å². The monoisotopic (exact) mass is 454 g/mol. The van der Waals surface area contributed by atoms with Crippen LogP contribution in [0.1, 0.15) is 54.9 Å². The highest BCUT2D eigenvalue weighted by Crippen LogP contribution is 2.49. The lowest BCUT2D eigenvalue weighted by Crippen LogP contribution is -2.40. The van der Waals surface area contributed by atoms with E-state index in [0.717, 1.165) is 32.1 Å². The minimum atomic E-state index is -1.32. The molecule has 3 fully saturated rings. The van der Waals surface area contributed by atoms with Crippen molar-refractivity contribution in [3.63, 3.8) is 0 Å². The van der Waals surface area contributed by atoms with Gasteiger partial charge < -0.3 is 24.6 Å². The van der Waals surface area contributed by atoms with Gasteiger partial charge in [-0.3, -0.25) is 4.79 Å². The number of rotatable bonds is 8. The number of anilines is 1. The first-order valence-corrected chi connectivity index (χ1v) is 11.5. The minimum Gasteiger partial charge on any atom is -0.492 e. The second kappa shape index (κ2) is 8.03. The lowest BCUT2D eigenvalue weighted by atomic mass is 9.96. The molecule has 0 amide bonds. The van der Waals surface area contributed by atoms with Crippen molar-refractivity contribution in [1.82, 2.24) is 9.88 Å². The maximum Gasteiger partial charge on any atom is 0.341 e. The normalized spacial score (nSPS) is 21.2. The Hall–Kier alpha value is -3.12. The molecule has 2 N–H and O–H groups in total. The van der Waals surface area contributed by atoms with Gasteiger partial charge in [-0.25, -0.2) is 9.18 Å². The van der Waals surface area contributed by atoms with E-state index in [9.17, 15) is 14.7 Å². The van der Waals surface area contributed by atoms with Crippen LogP contribution < -0.4 is 20.4 Å². The summed E-state index contributed by atoms with van der Waals surface area (Å²) in [6.45, 7) is 1.96. The van der Waals surface area contributed by atoms with Gasteiger partial charge in [0, 0.05) is 43.8 Å². The minimum absolute atomic E-state index is 0.0126. The Bertz CT molecular complexity index is 1230. The molecule has 2 aromatic rings. The number of carbonyl (C=O) groups is 1. The number of nitriles is 1. The van der Waals surface area contributed by atoms with E-state index in [1.165, 1.54) is 19.4 Å². The number of benzene rings is 1. The number of carboxylic acid groups (broad SMARTS) is 1. The first-order valence-electron chi connectivity index (χ1n) is 11.5. The fourth-order valence-electron chi connectivity index (χ4n) is 5.37. The third-order valence-corrected chi connectivity index (χ3v) is 7.36. The van der Waals surface area contributed by atoms with E-state index in [4.69, 9.17) is 10.00 Å². The molecule has 1 atom stereocenters. The Balaban J connectivity index is 1.56. The van der Waals surface area contributed by atoms with E-state index in [1.807, 2.05) is 4.90 Å². The van der Waals surface area contributed by atoms with Crippen LogP contribution in [0.25, 0.3) is 10.9 Å². The van der Waals surface area contributed by atoms with Crippen LogP contribution in [0.5, 0.6) is 5.75 Å². The molecule has 2 aliphatic carbocycles. The second-order valence-electron chi connectivity index (χ2n) is 9.37. The molecule has 174 valence electrons. The van der Waals surface area contributed by atoms with Crippen molar-refractivity contribution in [3.05, 3.63) is 33.9 Å². The maximum atomic E-state index is 15.5. The van der Waals surface area contributed by atoms with Crippen LogP contribution in [-0.4, -0.2) is 47.9 Å². The number of aromatic carboxylic acids is 1. The molecule has 9 heteroatoms. The Labute approximate surface area is 190 Å². The molecule has 1 unspecified atom stereocenters. The zero-order chi connectivity index (χ0) is 23.3. The van der Waals surface area contributed by atoms with Crippen molar-refractivity contribution in [1.29, 1.82) is 5.26 Å². The molecule has 5 rings (SSSR count). The van der Waals surface area contributed by atoms with Gasteiger partial charge in [-0.05, 0) is 44.1 Å². The maximum absolute atomic E-state index is 15.5. The predicted octanol–water partition coefficient (Wildman–Crippen LogP) is 3.04. The predicted molar refractivity (Wildman–Crippen MR) is 120 cm³/mol. The van der Waals surface area contributed by atoms with Gasteiger partial charge >= 0.3 is 5.97 Å². The smallest absolute Gasteiger partial charge is 0.341 e. The number of methoxy groups -OCH3 is 1. The molecule has 33 heavy (non-hydrogen) atoms. The molecule has 0 spiro atoms. The second-order valence-corrected chi connectivity index (χ2v) is 9.37. The molecule has 3 aliphatic rings. The fraction of sp³-hybridized carbons (Fsp3) is 0.542. The average molecular weight is 455 g/mol. The Morgan fingerprint density at radius 3 is 2.76 bits per heavy atom. The summed E-state index contributed by atoms with van der Waals surface area (Å²) >= 11 is 0. The largest absolute Gasteiger partial charge is 0.492 e. The summed E-state index contributed by atoms with van der Waals surface area (Å²) in [5, 5.41) is 21.9. The van der Waals surface area contributed by atoms with Crippen molar-refractivity contribution in [2.24, 2.45) is 5.92 Å². The van der Waals surface area contributed by atoms with E-state index in [1.54, 1.807) is 4.57 Å². The van der Waals surface area contributed by atoms with Crippen molar-refractivity contribution in [2.75, 3.05) is 31.6 Å². The number of carboxylic acids is 1. The quantitative estimate of drug-likeness (QED) is 0.590. The first-order chi connectivity index (χ1) is 15.9. The number of pyridine rings is 1. The standard InChI is InChI=1S/C24H27FN4O4/c1-33-22-19-16(21(30)17(23(31)32)13-29(19)15-3-4-15)11-18(25)20(22)28-10-5-14(12-28)24(6-7-24)27-9-2-8-26/h11,13-15,27H,2-7,9-10,12H2,1H3,(H,31,32). The lowest BCUT2D eigenvalue weighted by molar-refractivity contribution is 0.0695. The zero-order valence-corrected chi connectivity index (χ0v) is 18.6. The van der Waals surface area contributed by atoms with Gasteiger partial charge in [-0.15, -0.1) is 0 Å². The summed E-state index contributed by atoms with van der Waals surface area (Å²) in [6, 6.07) is 3.41. The number of aromatic nitrogens is 1. The highest BCUT2D eigenvalue weighted by molar-refractivity contribution is 5.97. The summed E-state index contributed by atoms with van der Waals surface area (Å²) in [7, 11) is 1.46. The van der Waals surface area contributed by atoms with E-state index in [2.05, 4.69) is 11.4 Å². The third kappa shape index (κ3) is 3.62. The Kier molecular flexibility index (Phi) is 5.28. The highest BCUT2D eigenvalue weighted by atomic mass is 19.1. The van der Waals surface area contributed by atoms with Gasteiger partial charge in [0.25, 0.3) is 0 Å². The third-order valence-electron chi connectivity index (χ3n) is 7.36. The molecular formula is C24H27FN4O4. The molecule has 1 aromatic heterocycles. The highest BCUT2D eigenvalue weighted by Gasteiger charge is 2.51. The van der Waals surface area contributed by atoms with Crippen LogP contribution in [0.2, 0.25) is 0 Å². The van der Waals surface area contributed by atoms with Crippen molar-refractivity contribution in [3.8, 4) is 11.8 Å². The number of ether oxygens (including phenoxy) is 1. The first kappa shape index (κ1) is 21.7. The van der Waals surface area contributed by atoms with Gasteiger partial charge in [0.15, 0.2) is 11.6 Å². The van der Waals surface area contributed by atoms with Crippen LogP contribution in [0.3, 0.4) is 0 Å². The molecule has 2 heterocycles. The van der Waals surface area contributed by atoms with Crippen LogP contribution >= 0.6 is 0 Å². The van der Waals surface area contributed by atoms with Crippen LogP contribution in [0.4, 0.5) is 10.1 Å². The van der Waals surface area contributed by atoms with Crippen LogP contribution in [-0.2, 0) is 0 Å². The lowest BCUT2D eigenvalue weighted by Gasteiger charge is -2.27.